The molecule has 1 N–H and O–H groups in total. The van der Waals surface area contributed by atoms with Crippen LogP contribution in [0.4, 0.5) is 0 Å². The van der Waals surface area contributed by atoms with Crippen LogP contribution in [0.15, 0.2) is 24.3 Å². The van der Waals surface area contributed by atoms with Crippen LogP contribution in [0.25, 0.3) is 0 Å². The van der Waals surface area contributed by atoms with Gasteiger partial charge in [0.1, 0.15) is 5.75 Å². The van der Waals surface area contributed by atoms with E-state index in [-0.39, 0.29) is 0 Å². The zero-order valence-corrected chi connectivity index (χ0v) is 8.98. The molecule has 82 valence electrons. The third-order valence-electron chi connectivity index (χ3n) is 1.65. The molecule has 0 bridgehead atoms. The van der Waals surface area contributed by atoms with Crippen molar-refractivity contribution in [2.45, 2.75) is 0 Å². The third kappa shape index (κ3) is 3.57. The van der Waals surface area contributed by atoms with E-state index in [4.69, 9.17) is 9.57 Å². The van der Waals surface area contributed by atoms with E-state index in [9.17, 15) is 4.79 Å². The summed E-state index contributed by atoms with van der Waals surface area (Å²) in [5, 5.41) is 1.53. The number of carbonyl (C=O) groups excluding carboxylic acids is 1. The molecule has 0 aliphatic heterocycles. The number of hydrogen-bond acceptors (Lipinski definition) is 5. The second-order valence-corrected chi connectivity index (χ2v) is 3.10. The molecule has 0 atom stereocenters. The molecule has 5 nitrogen and oxygen atoms in total. The van der Waals surface area contributed by atoms with Gasteiger partial charge in [0.25, 0.3) is 0 Å². The summed E-state index contributed by atoms with van der Waals surface area (Å²) in [5.41, 5.74) is 2.89. The minimum atomic E-state index is -0.439. The lowest BCUT2D eigenvalue weighted by Crippen LogP contribution is -2.32. The standard InChI is InChI=1S/C10H14N2O3/c1-12(2)11-15-10(13)8-4-6-9(14-3)7-5-8/h4-7,11H,1-3H3. The van der Waals surface area contributed by atoms with Crippen molar-refractivity contribution in [2.24, 2.45) is 0 Å². The quantitative estimate of drug-likeness (QED) is 0.746. The van der Waals surface area contributed by atoms with E-state index in [1.54, 1.807) is 45.5 Å². The summed E-state index contributed by atoms with van der Waals surface area (Å²) in [4.78, 5) is 16.2. The molecule has 0 radical (unpaired) electrons. The van der Waals surface area contributed by atoms with Crippen molar-refractivity contribution in [3.63, 3.8) is 0 Å². The maximum Gasteiger partial charge on any atom is 0.358 e. The number of nitrogens with zero attached hydrogens (tertiary/aromatic N) is 1. The molecule has 0 saturated carbocycles. The van der Waals surface area contributed by atoms with Gasteiger partial charge in [0.2, 0.25) is 0 Å². The molecular weight excluding hydrogens is 196 g/mol. The SMILES string of the molecule is COc1ccc(C(=O)ONN(C)C)cc1. The van der Waals surface area contributed by atoms with Crippen molar-refractivity contribution in [2.75, 3.05) is 21.2 Å². The molecule has 0 saturated heterocycles. The number of hydrogen-bond donors (Lipinski definition) is 1. The number of methoxy groups -OCH3 is 1. The van der Waals surface area contributed by atoms with Gasteiger partial charge in [-0.2, -0.15) is 0 Å². The van der Waals surface area contributed by atoms with Gasteiger partial charge in [-0.1, -0.05) is 5.59 Å². The molecule has 0 amide bonds. The molecule has 0 heterocycles. The molecule has 0 spiro atoms. The van der Waals surface area contributed by atoms with Gasteiger partial charge in [0, 0.05) is 14.1 Å². The normalized spacial score (nSPS) is 10.1. The average molecular weight is 210 g/mol. The lowest BCUT2D eigenvalue weighted by molar-refractivity contribution is -0.0296. The number of ether oxygens (including phenoxy) is 1. The van der Waals surface area contributed by atoms with Gasteiger partial charge in [-0.05, 0) is 24.3 Å². The summed E-state index contributed by atoms with van der Waals surface area (Å²) < 4.78 is 4.97. The molecule has 0 aliphatic rings. The van der Waals surface area contributed by atoms with Crippen LogP contribution in [0, 0.1) is 0 Å². The fraction of sp³-hybridized carbons (Fsp3) is 0.300. The summed E-state index contributed by atoms with van der Waals surface area (Å²) in [7, 11) is 5.02. The van der Waals surface area contributed by atoms with Crippen LogP contribution in [0.2, 0.25) is 0 Å². The molecule has 0 aliphatic carbocycles. The number of benzene rings is 1. The number of rotatable bonds is 4. The van der Waals surface area contributed by atoms with Crippen LogP contribution in [0.1, 0.15) is 10.4 Å². The average Bonchev–Trinajstić information content (AvgIpc) is 2.26. The van der Waals surface area contributed by atoms with E-state index in [1.165, 1.54) is 5.01 Å². The second kappa shape index (κ2) is 5.33. The third-order valence-corrected chi connectivity index (χ3v) is 1.65. The van der Waals surface area contributed by atoms with Gasteiger partial charge < -0.3 is 9.57 Å². The first kappa shape index (κ1) is 11.5. The smallest absolute Gasteiger partial charge is 0.358 e. The summed E-state index contributed by atoms with van der Waals surface area (Å²) in [6.07, 6.45) is 0. The van der Waals surface area contributed by atoms with Gasteiger partial charge >= 0.3 is 5.97 Å². The Morgan fingerprint density at radius 1 is 1.27 bits per heavy atom. The fourth-order valence-corrected chi connectivity index (χ4v) is 0.919. The van der Waals surface area contributed by atoms with E-state index in [1.807, 2.05) is 0 Å². The van der Waals surface area contributed by atoms with E-state index in [0.29, 0.717) is 11.3 Å². The highest BCUT2D eigenvalue weighted by molar-refractivity contribution is 5.89. The predicted octanol–water partition coefficient (Wildman–Crippen LogP) is 0.833. The summed E-state index contributed by atoms with van der Waals surface area (Å²) in [5.74, 6) is 0.262. The molecule has 0 aromatic heterocycles. The number of carbonyl (C=O) groups is 1. The highest BCUT2D eigenvalue weighted by Crippen LogP contribution is 2.11. The molecule has 5 heteroatoms. The molecular formula is C10H14N2O3. The Labute approximate surface area is 88.5 Å². The molecule has 15 heavy (non-hydrogen) atoms. The van der Waals surface area contributed by atoms with Gasteiger partial charge in [0.05, 0.1) is 12.7 Å². The van der Waals surface area contributed by atoms with Crippen molar-refractivity contribution in [3.8, 4) is 5.75 Å². The minimum Gasteiger partial charge on any atom is -0.497 e. The van der Waals surface area contributed by atoms with Crippen molar-refractivity contribution in [1.29, 1.82) is 0 Å². The topological polar surface area (TPSA) is 50.8 Å². The maximum absolute atomic E-state index is 11.4. The van der Waals surface area contributed by atoms with Crippen LogP contribution < -0.4 is 10.3 Å². The second-order valence-electron chi connectivity index (χ2n) is 3.10. The van der Waals surface area contributed by atoms with Crippen LogP contribution in [0.5, 0.6) is 5.75 Å². The zero-order valence-electron chi connectivity index (χ0n) is 8.98. The van der Waals surface area contributed by atoms with E-state index >= 15 is 0 Å². The summed E-state index contributed by atoms with van der Waals surface area (Å²) in [6, 6.07) is 6.68. The first-order valence-electron chi connectivity index (χ1n) is 4.41. The molecule has 1 aromatic carbocycles. The highest BCUT2D eigenvalue weighted by atomic mass is 16.7. The molecule has 1 aromatic rings. The highest BCUT2D eigenvalue weighted by Gasteiger charge is 2.07. The number of hydrazine groups is 1. The van der Waals surface area contributed by atoms with Crippen molar-refractivity contribution in [1.82, 2.24) is 10.6 Å². The maximum atomic E-state index is 11.4. The fourth-order valence-electron chi connectivity index (χ4n) is 0.919. The van der Waals surface area contributed by atoms with E-state index < -0.39 is 5.97 Å². The predicted molar refractivity (Wildman–Crippen MR) is 55.2 cm³/mol. The van der Waals surface area contributed by atoms with Crippen LogP contribution in [-0.4, -0.2) is 32.2 Å². The Morgan fingerprint density at radius 3 is 2.33 bits per heavy atom. The first-order chi connectivity index (χ1) is 7.13. The van der Waals surface area contributed by atoms with Crippen molar-refractivity contribution in [3.05, 3.63) is 29.8 Å². The summed E-state index contributed by atoms with van der Waals surface area (Å²) >= 11 is 0. The van der Waals surface area contributed by atoms with E-state index in [0.717, 1.165) is 0 Å². The lowest BCUT2D eigenvalue weighted by Gasteiger charge is -2.11. The van der Waals surface area contributed by atoms with E-state index in [2.05, 4.69) is 5.59 Å². The number of nitrogens with one attached hydrogen (secondary N) is 1. The Hall–Kier alpha value is -1.59. The Kier molecular flexibility index (Phi) is 4.08. The van der Waals surface area contributed by atoms with Crippen LogP contribution in [0.3, 0.4) is 0 Å². The largest absolute Gasteiger partial charge is 0.497 e. The Balaban J connectivity index is 2.58. The van der Waals surface area contributed by atoms with Gasteiger partial charge in [-0.25, -0.2) is 9.80 Å². The Morgan fingerprint density at radius 2 is 1.87 bits per heavy atom. The van der Waals surface area contributed by atoms with Crippen molar-refractivity contribution >= 4 is 5.97 Å². The Bertz CT molecular complexity index is 322. The van der Waals surface area contributed by atoms with Crippen LogP contribution >= 0.6 is 0 Å². The summed E-state index contributed by atoms with van der Waals surface area (Å²) in [6.45, 7) is 0. The van der Waals surface area contributed by atoms with Gasteiger partial charge in [0.15, 0.2) is 0 Å². The molecule has 1 rings (SSSR count). The zero-order chi connectivity index (χ0) is 11.3. The monoisotopic (exact) mass is 210 g/mol. The molecule has 0 unspecified atom stereocenters. The minimum absolute atomic E-state index is 0.439. The van der Waals surface area contributed by atoms with Crippen LogP contribution in [-0.2, 0) is 4.84 Å². The molecule has 0 fully saturated rings. The lowest BCUT2D eigenvalue weighted by atomic mass is 10.2. The van der Waals surface area contributed by atoms with Crippen molar-refractivity contribution < 1.29 is 14.4 Å². The first-order valence-corrected chi connectivity index (χ1v) is 4.41. The van der Waals surface area contributed by atoms with Gasteiger partial charge in [-0.15, -0.1) is 0 Å². The van der Waals surface area contributed by atoms with Gasteiger partial charge in [-0.3, -0.25) is 0 Å².